The lowest BCUT2D eigenvalue weighted by atomic mass is 9.91. The number of nitrogens with one attached hydrogen (secondary N) is 2. The van der Waals surface area contributed by atoms with Crippen molar-refractivity contribution in [3.63, 3.8) is 0 Å². The summed E-state index contributed by atoms with van der Waals surface area (Å²) >= 11 is 0. The molecular formula is C15H23N3O2. The predicted octanol–water partition coefficient (Wildman–Crippen LogP) is 0.256. The molecule has 20 heavy (non-hydrogen) atoms. The molecule has 1 saturated carbocycles. The highest BCUT2D eigenvalue weighted by molar-refractivity contribution is 5.85. The van der Waals surface area contributed by atoms with Crippen LogP contribution in [0, 0.1) is 11.3 Å². The second kappa shape index (κ2) is 4.45. The smallest absolute Gasteiger partial charge is 0.226 e. The average Bonchev–Trinajstić information content (AvgIpc) is 3.01. The van der Waals surface area contributed by atoms with Gasteiger partial charge in [0.1, 0.15) is 0 Å². The monoisotopic (exact) mass is 277 g/mol. The summed E-state index contributed by atoms with van der Waals surface area (Å²) in [4.78, 5) is 26.7. The Hall–Kier alpha value is -1.10. The molecule has 1 aliphatic carbocycles. The van der Waals surface area contributed by atoms with Crippen LogP contribution in [0.4, 0.5) is 0 Å². The number of hydrogen-bond donors (Lipinski definition) is 2. The van der Waals surface area contributed by atoms with Gasteiger partial charge in [0.2, 0.25) is 11.8 Å². The fraction of sp³-hybridized carbons (Fsp3) is 0.867. The average molecular weight is 277 g/mol. The van der Waals surface area contributed by atoms with E-state index in [1.54, 1.807) is 0 Å². The summed E-state index contributed by atoms with van der Waals surface area (Å²) in [6.07, 6.45) is 5.92. The van der Waals surface area contributed by atoms with E-state index in [1.165, 1.54) is 0 Å². The van der Waals surface area contributed by atoms with E-state index in [4.69, 9.17) is 0 Å². The van der Waals surface area contributed by atoms with Crippen LogP contribution >= 0.6 is 0 Å². The first kappa shape index (κ1) is 12.6. The van der Waals surface area contributed by atoms with E-state index >= 15 is 0 Å². The van der Waals surface area contributed by atoms with Crippen molar-refractivity contribution in [2.45, 2.75) is 50.6 Å². The van der Waals surface area contributed by atoms with Gasteiger partial charge in [0, 0.05) is 31.0 Å². The van der Waals surface area contributed by atoms with Crippen LogP contribution in [0.25, 0.3) is 0 Å². The third-order valence-corrected chi connectivity index (χ3v) is 5.92. The molecular weight excluding hydrogens is 254 g/mol. The van der Waals surface area contributed by atoms with Crippen LogP contribution in [0.15, 0.2) is 0 Å². The minimum Gasteiger partial charge on any atom is -0.354 e. The second-order valence-electron chi connectivity index (χ2n) is 7.01. The molecule has 1 spiro atoms. The fourth-order valence-corrected chi connectivity index (χ4v) is 4.59. The first-order valence-electron chi connectivity index (χ1n) is 7.99. The Labute approximate surface area is 119 Å². The molecule has 2 N–H and O–H groups in total. The standard InChI is InChI=1S/C15H23N3O2/c19-13-7-10-1-2-11(9-17-13)18(10)14(20)12-8-15(12)3-5-16-6-4-15/h10-12,16H,1-9H2,(H,17,19). The Morgan fingerprint density at radius 3 is 2.75 bits per heavy atom. The molecule has 5 nitrogen and oxygen atoms in total. The third-order valence-electron chi connectivity index (χ3n) is 5.92. The highest BCUT2D eigenvalue weighted by Crippen LogP contribution is 2.59. The van der Waals surface area contributed by atoms with E-state index < -0.39 is 0 Å². The molecule has 5 heteroatoms. The van der Waals surface area contributed by atoms with E-state index in [9.17, 15) is 9.59 Å². The van der Waals surface area contributed by atoms with Gasteiger partial charge in [-0.1, -0.05) is 0 Å². The molecule has 0 aromatic rings. The van der Waals surface area contributed by atoms with Gasteiger partial charge in [-0.05, 0) is 50.6 Å². The number of carbonyl (C=O) groups is 2. The van der Waals surface area contributed by atoms with Gasteiger partial charge in [-0.3, -0.25) is 9.59 Å². The molecule has 110 valence electrons. The molecule has 3 atom stereocenters. The zero-order valence-electron chi connectivity index (χ0n) is 11.9. The van der Waals surface area contributed by atoms with Crippen LogP contribution in [0.5, 0.6) is 0 Å². The van der Waals surface area contributed by atoms with Crippen molar-refractivity contribution in [2.75, 3.05) is 19.6 Å². The number of amides is 2. The molecule has 2 bridgehead atoms. The minimum absolute atomic E-state index is 0.113. The molecule has 3 unspecified atom stereocenters. The first-order chi connectivity index (χ1) is 9.70. The molecule has 3 aliphatic heterocycles. The maximum absolute atomic E-state index is 12.9. The normalized spacial score (nSPS) is 38.5. The van der Waals surface area contributed by atoms with Crippen molar-refractivity contribution in [1.82, 2.24) is 15.5 Å². The number of hydrogen-bond acceptors (Lipinski definition) is 3. The topological polar surface area (TPSA) is 61.4 Å². The molecule has 4 aliphatic rings. The molecule has 4 fully saturated rings. The number of rotatable bonds is 1. The van der Waals surface area contributed by atoms with E-state index in [2.05, 4.69) is 15.5 Å². The maximum Gasteiger partial charge on any atom is 0.226 e. The summed E-state index contributed by atoms with van der Waals surface area (Å²) in [7, 11) is 0. The summed E-state index contributed by atoms with van der Waals surface area (Å²) in [6.45, 7) is 2.76. The first-order valence-corrected chi connectivity index (χ1v) is 7.99. The number of piperidine rings is 1. The Kier molecular flexibility index (Phi) is 2.81. The van der Waals surface area contributed by atoms with E-state index in [0.717, 1.165) is 45.2 Å². The summed E-state index contributed by atoms with van der Waals surface area (Å²) in [5.74, 6) is 0.694. The van der Waals surface area contributed by atoms with Crippen molar-refractivity contribution in [3.05, 3.63) is 0 Å². The van der Waals surface area contributed by atoms with Gasteiger partial charge in [-0.15, -0.1) is 0 Å². The SMILES string of the molecule is O=C1CC2CCC(CN1)N2C(=O)C1CC12CCNCC2. The van der Waals surface area contributed by atoms with Crippen LogP contribution in [0.2, 0.25) is 0 Å². The van der Waals surface area contributed by atoms with Gasteiger partial charge < -0.3 is 15.5 Å². The largest absolute Gasteiger partial charge is 0.354 e. The van der Waals surface area contributed by atoms with Crippen LogP contribution in [0.1, 0.15) is 38.5 Å². The fourth-order valence-electron chi connectivity index (χ4n) is 4.59. The summed E-state index contributed by atoms with van der Waals surface area (Å²) in [5, 5.41) is 6.33. The van der Waals surface area contributed by atoms with Crippen molar-refractivity contribution >= 4 is 11.8 Å². The molecule has 3 heterocycles. The minimum atomic E-state index is 0.113. The molecule has 0 aromatic carbocycles. The molecule has 2 amide bonds. The third kappa shape index (κ3) is 1.86. The lowest BCUT2D eigenvalue weighted by molar-refractivity contribution is -0.136. The zero-order chi connectivity index (χ0) is 13.7. The summed E-state index contributed by atoms with van der Waals surface area (Å²) in [6, 6.07) is 0.410. The summed E-state index contributed by atoms with van der Waals surface area (Å²) < 4.78 is 0. The number of nitrogens with zero attached hydrogens (tertiary/aromatic N) is 1. The van der Waals surface area contributed by atoms with Crippen LogP contribution in [0.3, 0.4) is 0 Å². The van der Waals surface area contributed by atoms with Crippen molar-refractivity contribution in [2.24, 2.45) is 11.3 Å². The Balaban J connectivity index is 1.50. The van der Waals surface area contributed by atoms with Crippen LogP contribution < -0.4 is 10.6 Å². The zero-order valence-corrected chi connectivity index (χ0v) is 11.9. The lowest BCUT2D eigenvalue weighted by Crippen LogP contribution is -2.44. The molecule has 0 radical (unpaired) electrons. The Morgan fingerprint density at radius 1 is 1.20 bits per heavy atom. The van der Waals surface area contributed by atoms with Gasteiger partial charge in [0.25, 0.3) is 0 Å². The van der Waals surface area contributed by atoms with Gasteiger partial charge >= 0.3 is 0 Å². The highest BCUT2D eigenvalue weighted by Gasteiger charge is 2.60. The van der Waals surface area contributed by atoms with Gasteiger partial charge in [-0.25, -0.2) is 0 Å². The molecule has 4 rings (SSSR count). The van der Waals surface area contributed by atoms with E-state index in [0.29, 0.717) is 24.3 Å². The van der Waals surface area contributed by atoms with Gasteiger partial charge in [0.05, 0.1) is 0 Å². The van der Waals surface area contributed by atoms with Crippen LogP contribution in [-0.2, 0) is 9.59 Å². The van der Waals surface area contributed by atoms with Crippen LogP contribution in [-0.4, -0.2) is 48.4 Å². The quantitative estimate of drug-likeness (QED) is 0.722. The van der Waals surface area contributed by atoms with E-state index in [-0.39, 0.29) is 23.9 Å². The maximum atomic E-state index is 12.9. The highest BCUT2D eigenvalue weighted by atomic mass is 16.2. The number of fused-ring (bicyclic) bond motifs is 2. The lowest BCUT2D eigenvalue weighted by Gasteiger charge is -2.30. The molecule has 3 saturated heterocycles. The van der Waals surface area contributed by atoms with E-state index in [1.807, 2.05) is 0 Å². The van der Waals surface area contributed by atoms with Crippen molar-refractivity contribution in [3.8, 4) is 0 Å². The van der Waals surface area contributed by atoms with Gasteiger partial charge in [-0.2, -0.15) is 0 Å². The van der Waals surface area contributed by atoms with Crippen molar-refractivity contribution < 1.29 is 9.59 Å². The Bertz CT molecular complexity index is 444. The number of carbonyl (C=O) groups excluding carboxylic acids is 2. The Morgan fingerprint density at radius 2 is 1.95 bits per heavy atom. The van der Waals surface area contributed by atoms with Crippen molar-refractivity contribution in [1.29, 1.82) is 0 Å². The van der Waals surface area contributed by atoms with Gasteiger partial charge in [0.15, 0.2) is 0 Å². The predicted molar refractivity (Wildman–Crippen MR) is 73.9 cm³/mol. The second-order valence-corrected chi connectivity index (χ2v) is 7.01. The summed E-state index contributed by atoms with van der Waals surface area (Å²) in [5.41, 5.74) is 0.297. The molecule has 0 aromatic heterocycles.